The number of ether oxygens (including phenoxy) is 2. The summed E-state index contributed by atoms with van der Waals surface area (Å²) in [5.74, 6) is 0.534. The fourth-order valence-corrected chi connectivity index (χ4v) is 2.61. The molecule has 0 unspecified atom stereocenters. The third-order valence-electron chi connectivity index (χ3n) is 3.88. The van der Waals surface area contributed by atoms with Crippen molar-refractivity contribution in [2.24, 2.45) is 5.16 Å². The van der Waals surface area contributed by atoms with E-state index in [1.54, 1.807) is 30.6 Å². The van der Waals surface area contributed by atoms with Gasteiger partial charge in [-0.15, -0.1) is 13.2 Å². The summed E-state index contributed by atoms with van der Waals surface area (Å²) >= 11 is 0. The number of pyridine rings is 1. The van der Waals surface area contributed by atoms with Gasteiger partial charge >= 0.3 is 6.36 Å². The van der Waals surface area contributed by atoms with Crippen LogP contribution < -0.4 is 9.47 Å². The maximum Gasteiger partial charge on any atom is 0.573 e. The Morgan fingerprint density at radius 3 is 2.46 bits per heavy atom. The van der Waals surface area contributed by atoms with Crippen molar-refractivity contribution in [2.75, 3.05) is 0 Å². The van der Waals surface area contributed by atoms with Gasteiger partial charge in [-0.05, 0) is 35.9 Å². The molecule has 3 heterocycles. The average molecular weight is 390 g/mol. The Morgan fingerprint density at radius 2 is 1.82 bits per heavy atom. The second-order valence-corrected chi connectivity index (χ2v) is 5.85. The van der Waals surface area contributed by atoms with E-state index < -0.39 is 12.5 Å². The summed E-state index contributed by atoms with van der Waals surface area (Å²) in [5.41, 5.74) is 2.16. The molecule has 0 amide bonds. The number of H-pyrrole nitrogens is 1. The number of hydrogen-bond donors (Lipinski definition) is 1. The summed E-state index contributed by atoms with van der Waals surface area (Å²) in [4.78, 5) is 9.59. The number of hydrogen-bond acceptors (Lipinski definition) is 6. The van der Waals surface area contributed by atoms with Crippen LogP contribution >= 0.6 is 0 Å². The van der Waals surface area contributed by atoms with Gasteiger partial charge in [-0.1, -0.05) is 17.3 Å². The Morgan fingerprint density at radius 1 is 1.04 bits per heavy atom. The maximum absolute atomic E-state index is 12.2. The Balaban J connectivity index is 1.35. The molecule has 1 aromatic carbocycles. The van der Waals surface area contributed by atoms with Gasteiger partial charge in [0.1, 0.15) is 11.5 Å². The molecule has 0 saturated carbocycles. The smallest absolute Gasteiger partial charge is 0.438 e. The molecule has 1 N–H and O–H groups in total. The van der Waals surface area contributed by atoms with Crippen molar-refractivity contribution in [3.63, 3.8) is 0 Å². The Kier molecular flexibility index (Phi) is 4.60. The van der Waals surface area contributed by atoms with Crippen molar-refractivity contribution in [3.05, 3.63) is 60.4 Å². The first-order chi connectivity index (χ1) is 13.5. The van der Waals surface area contributed by atoms with E-state index in [0.717, 1.165) is 5.69 Å². The summed E-state index contributed by atoms with van der Waals surface area (Å²) in [6.07, 6.45) is -1.66. The van der Waals surface area contributed by atoms with Crippen LogP contribution in [-0.4, -0.2) is 27.4 Å². The molecule has 0 fully saturated rings. The highest BCUT2D eigenvalue weighted by Crippen LogP contribution is 2.31. The number of oxime groups is 1. The van der Waals surface area contributed by atoms with Crippen molar-refractivity contribution in [1.29, 1.82) is 0 Å². The number of alkyl halides is 3. The van der Waals surface area contributed by atoms with Gasteiger partial charge in [0.25, 0.3) is 0 Å². The minimum atomic E-state index is -4.73. The summed E-state index contributed by atoms with van der Waals surface area (Å²) in [5, 5.41) is 10.6. The van der Waals surface area contributed by atoms with Crippen LogP contribution in [-0.2, 0) is 4.84 Å². The predicted molar refractivity (Wildman–Crippen MR) is 91.4 cm³/mol. The number of aromatic nitrogens is 3. The molecule has 0 spiro atoms. The van der Waals surface area contributed by atoms with Gasteiger partial charge in [0.05, 0.1) is 24.0 Å². The molecule has 1 aliphatic rings. The van der Waals surface area contributed by atoms with E-state index in [1.807, 2.05) is 0 Å². The lowest BCUT2D eigenvalue weighted by molar-refractivity contribution is -0.274. The van der Waals surface area contributed by atoms with E-state index in [0.29, 0.717) is 29.3 Å². The second-order valence-electron chi connectivity index (χ2n) is 5.85. The normalized spacial score (nSPS) is 16.4. The van der Waals surface area contributed by atoms with Crippen LogP contribution in [0.1, 0.15) is 18.1 Å². The zero-order valence-electron chi connectivity index (χ0n) is 14.2. The van der Waals surface area contributed by atoms with Crippen molar-refractivity contribution in [2.45, 2.75) is 18.9 Å². The van der Waals surface area contributed by atoms with Gasteiger partial charge in [0, 0.05) is 6.20 Å². The summed E-state index contributed by atoms with van der Waals surface area (Å²) < 4.78 is 46.1. The largest absolute Gasteiger partial charge is 0.573 e. The molecule has 144 valence electrons. The standard InChI is InChI=1S/C18H13F3N4O3/c19-18(20,21)27-12-3-1-11(2-4-12)16-9-17(25-28-16)26-13-5-6-14(22-10-13)15-7-8-23-24-15/h1-8,10,16H,9H2,(H,23,24)/t16-/m1/s1. The van der Waals surface area contributed by atoms with E-state index in [2.05, 4.69) is 25.1 Å². The highest BCUT2D eigenvalue weighted by atomic mass is 19.4. The molecule has 0 bridgehead atoms. The molecule has 0 aliphatic carbocycles. The van der Waals surface area contributed by atoms with E-state index in [1.165, 1.54) is 24.3 Å². The number of rotatable bonds is 4. The lowest BCUT2D eigenvalue weighted by Gasteiger charge is -2.11. The molecule has 7 nitrogen and oxygen atoms in total. The number of nitrogens with one attached hydrogen (secondary N) is 1. The molecule has 10 heteroatoms. The van der Waals surface area contributed by atoms with Crippen molar-refractivity contribution >= 4 is 5.90 Å². The highest BCUT2D eigenvalue weighted by molar-refractivity contribution is 5.79. The molecule has 1 aliphatic heterocycles. The monoisotopic (exact) mass is 390 g/mol. The van der Waals surface area contributed by atoms with E-state index in [9.17, 15) is 13.2 Å². The van der Waals surface area contributed by atoms with Crippen molar-refractivity contribution in [1.82, 2.24) is 15.2 Å². The van der Waals surface area contributed by atoms with Crippen molar-refractivity contribution in [3.8, 4) is 22.9 Å². The van der Waals surface area contributed by atoms with Gasteiger partial charge < -0.3 is 14.3 Å². The Hall–Kier alpha value is -3.56. The lowest BCUT2D eigenvalue weighted by Crippen LogP contribution is -2.17. The number of aromatic amines is 1. The van der Waals surface area contributed by atoms with Crippen LogP contribution in [0.3, 0.4) is 0 Å². The first-order valence-corrected chi connectivity index (χ1v) is 8.18. The Bertz CT molecular complexity index is 955. The van der Waals surface area contributed by atoms with E-state index >= 15 is 0 Å². The van der Waals surface area contributed by atoms with Crippen LogP contribution in [0.2, 0.25) is 0 Å². The minimum Gasteiger partial charge on any atom is -0.438 e. The molecule has 0 saturated heterocycles. The predicted octanol–water partition coefficient (Wildman–Crippen LogP) is 4.22. The molecule has 1 atom stereocenters. The SMILES string of the molecule is FC(F)(F)Oc1ccc([C@H]2CC(Oc3ccc(-c4ccn[nH]4)nc3)=NO2)cc1. The zero-order valence-corrected chi connectivity index (χ0v) is 14.2. The van der Waals surface area contributed by atoms with Gasteiger partial charge in [0.15, 0.2) is 6.10 Å². The van der Waals surface area contributed by atoms with Gasteiger partial charge in [-0.25, -0.2) is 0 Å². The Labute approximate surface area is 156 Å². The molecule has 3 aromatic rings. The van der Waals surface area contributed by atoms with E-state index in [-0.39, 0.29) is 5.75 Å². The van der Waals surface area contributed by atoms with Crippen LogP contribution in [0.15, 0.2) is 60.0 Å². The maximum atomic E-state index is 12.2. The first kappa shape index (κ1) is 17.8. The summed E-state index contributed by atoms with van der Waals surface area (Å²) in [7, 11) is 0. The number of nitrogens with zero attached hydrogens (tertiary/aromatic N) is 3. The molecular formula is C18H13F3N4O3. The fraction of sp³-hybridized carbons (Fsp3) is 0.167. The molecular weight excluding hydrogens is 377 g/mol. The molecule has 2 aromatic heterocycles. The summed E-state index contributed by atoms with van der Waals surface area (Å²) in [6.45, 7) is 0. The highest BCUT2D eigenvalue weighted by Gasteiger charge is 2.31. The fourth-order valence-electron chi connectivity index (χ4n) is 2.61. The zero-order chi connectivity index (χ0) is 19.6. The summed E-state index contributed by atoms with van der Waals surface area (Å²) in [6, 6.07) is 10.7. The van der Waals surface area contributed by atoms with Gasteiger partial charge in [-0.2, -0.15) is 5.10 Å². The number of benzene rings is 1. The molecule has 0 radical (unpaired) electrons. The topological polar surface area (TPSA) is 81.6 Å². The lowest BCUT2D eigenvalue weighted by atomic mass is 10.1. The van der Waals surface area contributed by atoms with E-state index in [4.69, 9.17) is 9.57 Å². The quantitative estimate of drug-likeness (QED) is 0.721. The van der Waals surface area contributed by atoms with Crippen LogP contribution in [0.4, 0.5) is 13.2 Å². The van der Waals surface area contributed by atoms with Crippen LogP contribution in [0.5, 0.6) is 11.5 Å². The second kappa shape index (κ2) is 7.22. The minimum absolute atomic E-state index is 0.296. The van der Waals surface area contributed by atoms with Crippen LogP contribution in [0.25, 0.3) is 11.4 Å². The third kappa shape index (κ3) is 4.22. The van der Waals surface area contributed by atoms with Crippen molar-refractivity contribution < 1.29 is 27.5 Å². The van der Waals surface area contributed by atoms with Gasteiger partial charge in [0.2, 0.25) is 5.90 Å². The van der Waals surface area contributed by atoms with Crippen LogP contribution in [0, 0.1) is 0 Å². The first-order valence-electron chi connectivity index (χ1n) is 8.18. The number of halogens is 3. The van der Waals surface area contributed by atoms with Gasteiger partial charge in [-0.3, -0.25) is 10.1 Å². The third-order valence-corrected chi connectivity index (χ3v) is 3.88. The molecule has 4 rings (SSSR count). The molecule has 28 heavy (non-hydrogen) atoms. The average Bonchev–Trinajstić information content (AvgIpc) is 3.34.